The molecule has 1 aromatic rings. The topological polar surface area (TPSA) is 88.5 Å². The first-order valence-electron chi connectivity index (χ1n) is 5.30. The average Bonchev–Trinajstić information content (AvgIpc) is 2.79. The van der Waals surface area contributed by atoms with Crippen LogP contribution in [0.25, 0.3) is 0 Å². The lowest BCUT2D eigenvalue weighted by Crippen LogP contribution is -2.55. The molecule has 2 N–H and O–H groups in total. The number of carboxylic acids is 1. The molecule has 1 aromatic heterocycles. The number of carboxylic acid groups (broad SMARTS) is 1. The number of hydrogen-bond donors (Lipinski definition) is 2. The van der Waals surface area contributed by atoms with Crippen LogP contribution in [0.4, 0.5) is 4.39 Å². The highest BCUT2D eigenvalue weighted by Crippen LogP contribution is 2.19. The molecule has 1 fully saturated rings. The molecule has 1 aliphatic heterocycles. The summed E-state index contributed by atoms with van der Waals surface area (Å²) in [5, 5.41) is 11.5. The fourth-order valence-electron chi connectivity index (χ4n) is 1.70. The Bertz CT molecular complexity index is 486. The van der Waals surface area contributed by atoms with Gasteiger partial charge in [0, 0.05) is 13.0 Å². The minimum absolute atomic E-state index is 0.108. The van der Waals surface area contributed by atoms with E-state index in [4.69, 9.17) is 9.84 Å². The molecule has 0 spiro atoms. The molecule has 96 valence electrons. The Labute approximate surface area is 102 Å². The molecular formula is C11H11FN2O4. The number of halogens is 1. The average molecular weight is 254 g/mol. The molecular weight excluding hydrogens is 243 g/mol. The van der Waals surface area contributed by atoms with Gasteiger partial charge in [0.15, 0.2) is 5.54 Å². The third-order valence-corrected chi connectivity index (χ3v) is 2.73. The summed E-state index contributed by atoms with van der Waals surface area (Å²) in [4.78, 5) is 26.4. The van der Waals surface area contributed by atoms with Gasteiger partial charge in [-0.05, 0) is 12.1 Å². The van der Waals surface area contributed by atoms with Gasteiger partial charge in [-0.3, -0.25) is 4.79 Å². The van der Waals surface area contributed by atoms with Crippen molar-refractivity contribution in [3.63, 3.8) is 0 Å². The van der Waals surface area contributed by atoms with Gasteiger partial charge < -0.3 is 15.2 Å². The number of rotatable bonds is 3. The third kappa shape index (κ3) is 2.30. The molecule has 7 heteroatoms. The smallest absolute Gasteiger partial charge is 0.331 e. The Kier molecular flexibility index (Phi) is 3.24. The SMILES string of the molecule is O=C(NC1(C(=O)O)CCOC1)c1cccc(F)n1. The lowest BCUT2D eigenvalue weighted by Gasteiger charge is -2.23. The van der Waals surface area contributed by atoms with Gasteiger partial charge in [0.25, 0.3) is 5.91 Å². The van der Waals surface area contributed by atoms with Crippen molar-refractivity contribution in [2.24, 2.45) is 0 Å². The Balaban J connectivity index is 2.18. The van der Waals surface area contributed by atoms with E-state index in [1.807, 2.05) is 0 Å². The maximum atomic E-state index is 12.9. The Hall–Kier alpha value is -2.02. The highest BCUT2D eigenvalue weighted by Gasteiger charge is 2.44. The molecule has 1 unspecified atom stereocenters. The number of hydrogen-bond acceptors (Lipinski definition) is 4. The molecule has 1 amide bonds. The largest absolute Gasteiger partial charge is 0.479 e. The Morgan fingerprint density at radius 2 is 2.28 bits per heavy atom. The summed E-state index contributed by atoms with van der Waals surface area (Å²) < 4.78 is 17.9. The van der Waals surface area contributed by atoms with Gasteiger partial charge in [-0.25, -0.2) is 9.78 Å². The van der Waals surface area contributed by atoms with Gasteiger partial charge in [-0.15, -0.1) is 0 Å². The van der Waals surface area contributed by atoms with Crippen molar-refractivity contribution >= 4 is 11.9 Å². The zero-order valence-electron chi connectivity index (χ0n) is 9.35. The van der Waals surface area contributed by atoms with Crippen LogP contribution in [0, 0.1) is 5.95 Å². The minimum atomic E-state index is -1.45. The monoisotopic (exact) mass is 254 g/mol. The van der Waals surface area contributed by atoms with E-state index < -0.39 is 23.4 Å². The van der Waals surface area contributed by atoms with Crippen molar-refractivity contribution in [3.8, 4) is 0 Å². The fraction of sp³-hybridized carbons (Fsp3) is 0.364. The van der Waals surface area contributed by atoms with Crippen LogP contribution in [0.1, 0.15) is 16.9 Å². The Morgan fingerprint density at radius 3 is 2.83 bits per heavy atom. The lowest BCUT2D eigenvalue weighted by molar-refractivity contribution is -0.144. The molecule has 0 bridgehead atoms. The van der Waals surface area contributed by atoms with E-state index >= 15 is 0 Å². The number of carbonyl (C=O) groups excluding carboxylic acids is 1. The predicted octanol–water partition coefficient (Wildman–Crippen LogP) is 0.194. The second kappa shape index (κ2) is 4.69. The maximum absolute atomic E-state index is 12.9. The second-order valence-electron chi connectivity index (χ2n) is 3.99. The standard InChI is InChI=1S/C11H11FN2O4/c12-8-3-1-2-7(13-8)9(15)14-11(10(16)17)4-5-18-6-11/h1-3H,4-6H2,(H,14,15)(H,16,17). The Morgan fingerprint density at radius 1 is 1.50 bits per heavy atom. The number of amides is 1. The molecule has 18 heavy (non-hydrogen) atoms. The third-order valence-electron chi connectivity index (χ3n) is 2.73. The first-order valence-corrected chi connectivity index (χ1v) is 5.30. The van der Waals surface area contributed by atoms with Crippen LogP contribution in [0.15, 0.2) is 18.2 Å². The van der Waals surface area contributed by atoms with E-state index in [0.29, 0.717) is 0 Å². The number of pyridine rings is 1. The van der Waals surface area contributed by atoms with E-state index in [0.717, 1.165) is 6.07 Å². The molecule has 2 rings (SSSR count). The first-order chi connectivity index (χ1) is 8.53. The summed E-state index contributed by atoms with van der Waals surface area (Å²) in [7, 11) is 0. The van der Waals surface area contributed by atoms with E-state index in [1.165, 1.54) is 12.1 Å². The zero-order valence-corrected chi connectivity index (χ0v) is 9.35. The molecule has 1 atom stereocenters. The second-order valence-corrected chi connectivity index (χ2v) is 3.99. The molecule has 1 aliphatic rings. The molecule has 0 radical (unpaired) electrons. The van der Waals surface area contributed by atoms with Crippen molar-refractivity contribution in [1.82, 2.24) is 10.3 Å². The quantitative estimate of drug-likeness (QED) is 0.752. The van der Waals surface area contributed by atoms with Crippen LogP contribution in [0.3, 0.4) is 0 Å². The summed E-state index contributed by atoms with van der Waals surface area (Å²) in [5.41, 5.74) is -1.62. The van der Waals surface area contributed by atoms with Crippen molar-refractivity contribution in [2.75, 3.05) is 13.2 Å². The molecule has 1 saturated heterocycles. The summed E-state index contributed by atoms with van der Waals surface area (Å²) in [6, 6.07) is 3.74. The van der Waals surface area contributed by atoms with Crippen LogP contribution in [0.2, 0.25) is 0 Å². The molecule has 0 aliphatic carbocycles. The minimum Gasteiger partial charge on any atom is -0.479 e. The highest BCUT2D eigenvalue weighted by atomic mass is 19.1. The van der Waals surface area contributed by atoms with E-state index in [1.54, 1.807) is 0 Å². The van der Waals surface area contributed by atoms with Crippen LogP contribution >= 0.6 is 0 Å². The van der Waals surface area contributed by atoms with Crippen molar-refractivity contribution in [1.29, 1.82) is 0 Å². The maximum Gasteiger partial charge on any atom is 0.331 e. The summed E-state index contributed by atoms with van der Waals surface area (Å²) in [5.74, 6) is -2.71. The molecule has 0 saturated carbocycles. The van der Waals surface area contributed by atoms with Gasteiger partial charge in [0.2, 0.25) is 5.95 Å². The number of carbonyl (C=O) groups is 2. The van der Waals surface area contributed by atoms with Gasteiger partial charge in [0.05, 0.1) is 6.61 Å². The molecule has 6 nitrogen and oxygen atoms in total. The van der Waals surface area contributed by atoms with Crippen molar-refractivity contribution in [2.45, 2.75) is 12.0 Å². The van der Waals surface area contributed by atoms with E-state index in [2.05, 4.69) is 10.3 Å². The number of nitrogens with one attached hydrogen (secondary N) is 1. The van der Waals surface area contributed by atoms with Crippen LogP contribution in [0.5, 0.6) is 0 Å². The molecule has 0 aromatic carbocycles. The van der Waals surface area contributed by atoms with Gasteiger partial charge >= 0.3 is 5.97 Å². The number of aromatic nitrogens is 1. The van der Waals surface area contributed by atoms with Gasteiger partial charge in [-0.1, -0.05) is 6.07 Å². The van der Waals surface area contributed by atoms with Gasteiger partial charge in [-0.2, -0.15) is 4.39 Å². The zero-order chi connectivity index (χ0) is 13.2. The van der Waals surface area contributed by atoms with Crippen molar-refractivity contribution in [3.05, 3.63) is 29.8 Å². The van der Waals surface area contributed by atoms with Gasteiger partial charge in [0.1, 0.15) is 5.69 Å². The van der Waals surface area contributed by atoms with Crippen molar-refractivity contribution < 1.29 is 23.8 Å². The fourth-order valence-corrected chi connectivity index (χ4v) is 1.70. The normalized spacial score (nSPS) is 22.7. The summed E-state index contributed by atoms with van der Waals surface area (Å²) >= 11 is 0. The summed E-state index contributed by atoms with van der Waals surface area (Å²) in [6.07, 6.45) is 0.170. The van der Waals surface area contributed by atoms with E-state index in [-0.39, 0.29) is 25.3 Å². The van der Waals surface area contributed by atoms with Crippen LogP contribution in [-0.4, -0.2) is 40.7 Å². The number of aliphatic carboxylic acids is 1. The lowest BCUT2D eigenvalue weighted by atomic mass is 9.99. The van der Waals surface area contributed by atoms with Crippen LogP contribution < -0.4 is 5.32 Å². The number of ether oxygens (including phenoxy) is 1. The number of nitrogens with zero attached hydrogens (tertiary/aromatic N) is 1. The molecule has 2 heterocycles. The van der Waals surface area contributed by atoms with E-state index in [9.17, 15) is 14.0 Å². The first kappa shape index (κ1) is 12.4. The summed E-state index contributed by atoms with van der Waals surface area (Å²) in [6.45, 7) is 0.145. The van der Waals surface area contributed by atoms with Crippen LogP contribution in [-0.2, 0) is 9.53 Å². The predicted molar refractivity (Wildman–Crippen MR) is 57.5 cm³/mol. The highest BCUT2D eigenvalue weighted by molar-refractivity contribution is 5.96.